The summed E-state index contributed by atoms with van der Waals surface area (Å²) in [6.07, 6.45) is 0. The van der Waals surface area contributed by atoms with Crippen LogP contribution in [-0.4, -0.2) is 9.93 Å². The molecule has 0 spiro atoms. The van der Waals surface area contributed by atoms with Crippen LogP contribution in [0.3, 0.4) is 0 Å². The molecular formula is CH6AuOP. The third-order valence-corrected chi connectivity index (χ3v) is 0. The second-order valence-electron chi connectivity index (χ2n) is 0.0953. The molecule has 4 heavy (non-hydrogen) atoms. The SMILES string of the molecule is O[CH2][Au].P. The molecule has 1 nitrogen and oxygen atoms in total. The van der Waals surface area contributed by atoms with Gasteiger partial charge in [-0.1, -0.05) is 0 Å². The Morgan fingerprint density at radius 1 is 1.75 bits per heavy atom. The zero-order valence-corrected chi connectivity index (χ0v) is 5.74. The molecule has 0 heterocycles. The van der Waals surface area contributed by atoms with Crippen LogP contribution in [-0.2, 0) is 21.1 Å². The number of rotatable bonds is 0. The first kappa shape index (κ1) is 8.93. The Hall–Kier alpha value is 1.13. The minimum atomic E-state index is 0. The van der Waals surface area contributed by atoms with E-state index in [1.165, 1.54) is 0 Å². The molecule has 1 unspecified atom stereocenters. The fraction of sp³-hybridized carbons (Fsp3) is 1.00. The van der Waals surface area contributed by atoms with Crippen molar-refractivity contribution in [1.82, 2.24) is 0 Å². The number of aliphatic hydroxyl groups excluding tert-OH is 1. The topological polar surface area (TPSA) is 20.2 Å². The Balaban J connectivity index is 0. The Kier molecular flexibility index (Phi) is 19.9. The first-order valence-corrected chi connectivity index (χ1v) is 2.06. The fourth-order valence-corrected chi connectivity index (χ4v) is 0. The van der Waals surface area contributed by atoms with Gasteiger partial charge in [0.05, 0.1) is 0 Å². The molecule has 0 aliphatic rings. The normalized spacial score (nSPS) is 4.75. The molecule has 32 valence electrons. The van der Waals surface area contributed by atoms with Crippen molar-refractivity contribution < 1.29 is 26.2 Å². The minimum Gasteiger partial charge on any atom is -0.153 e. The molecule has 3 heteroatoms. The van der Waals surface area contributed by atoms with E-state index in [0.717, 1.165) is 0 Å². The van der Waals surface area contributed by atoms with Crippen LogP contribution in [0.2, 0.25) is 0 Å². The number of aliphatic hydroxyl groups is 1. The van der Waals surface area contributed by atoms with Gasteiger partial charge in [-0.05, 0) is 0 Å². The van der Waals surface area contributed by atoms with E-state index in [4.69, 9.17) is 5.11 Å². The average Bonchev–Trinajstić information content (AvgIpc) is 0.918. The van der Waals surface area contributed by atoms with Crippen LogP contribution in [0.15, 0.2) is 0 Å². The van der Waals surface area contributed by atoms with E-state index in [2.05, 4.69) is 0 Å². The van der Waals surface area contributed by atoms with Gasteiger partial charge in [0.15, 0.2) is 0 Å². The number of hydrogen-bond donors (Lipinski definition) is 1. The Bertz CT molecular complexity index is 8.00. The monoisotopic (exact) mass is 262 g/mol. The predicted molar refractivity (Wildman–Crippen MR) is 18.2 cm³/mol. The van der Waals surface area contributed by atoms with Gasteiger partial charge in [0, 0.05) is 0 Å². The summed E-state index contributed by atoms with van der Waals surface area (Å²) in [5.41, 5.74) is 0. The van der Waals surface area contributed by atoms with Crippen molar-refractivity contribution in [3.05, 3.63) is 0 Å². The van der Waals surface area contributed by atoms with Crippen molar-refractivity contribution in [2.45, 2.75) is 0 Å². The van der Waals surface area contributed by atoms with Crippen LogP contribution in [0.1, 0.15) is 0 Å². The van der Waals surface area contributed by atoms with Crippen molar-refractivity contribution in [3.63, 3.8) is 0 Å². The molecule has 0 aromatic heterocycles. The second kappa shape index (κ2) is 8.92. The third kappa shape index (κ3) is 11.1. The Morgan fingerprint density at radius 2 is 1.75 bits per heavy atom. The van der Waals surface area contributed by atoms with Crippen molar-refractivity contribution in [2.75, 3.05) is 4.82 Å². The first-order valence-electron chi connectivity index (χ1n) is 0.529. The van der Waals surface area contributed by atoms with Gasteiger partial charge in [-0.3, -0.25) is 0 Å². The molecule has 0 aliphatic heterocycles. The maximum atomic E-state index is 7.54. The molecule has 0 radical (unpaired) electrons. The summed E-state index contributed by atoms with van der Waals surface area (Å²) < 4.78 is 0. The Morgan fingerprint density at radius 3 is 1.75 bits per heavy atom. The van der Waals surface area contributed by atoms with E-state index >= 15 is 0 Å². The largest absolute Gasteiger partial charge is 0.153 e. The zero-order valence-electron chi connectivity index (χ0n) is 2.16. The second-order valence-corrected chi connectivity index (χ2v) is 0.780. The number of hydrogen-bond acceptors (Lipinski definition) is 1. The quantitative estimate of drug-likeness (QED) is 0.462. The molecule has 0 fully saturated rings. The fourth-order valence-electron chi connectivity index (χ4n) is 0. The van der Waals surface area contributed by atoms with Crippen molar-refractivity contribution in [2.24, 2.45) is 0 Å². The van der Waals surface area contributed by atoms with Crippen LogP contribution in [0.25, 0.3) is 0 Å². The molecule has 0 rings (SSSR count). The maximum Gasteiger partial charge on any atom is -0.153 e. The third-order valence-electron chi connectivity index (χ3n) is 0. The van der Waals surface area contributed by atoms with Gasteiger partial charge in [0.1, 0.15) is 0 Å². The van der Waals surface area contributed by atoms with Gasteiger partial charge in [-0.15, -0.1) is 0 Å². The minimum absolute atomic E-state index is 0. The molecule has 0 bridgehead atoms. The van der Waals surface area contributed by atoms with Gasteiger partial charge in [0.2, 0.25) is 0 Å². The molecule has 0 aromatic carbocycles. The summed E-state index contributed by atoms with van der Waals surface area (Å²) >= 11 is 1.98. The van der Waals surface area contributed by atoms with E-state index in [-0.39, 0.29) is 14.7 Å². The van der Waals surface area contributed by atoms with E-state index in [9.17, 15) is 0 Å². The van der Waals surface area contributed by atoms with Crippen LogP contribution in [0.5, 0.6) is 0 Å². The molecule has 0 saturated carbocycles. The van der Waals surface area contributed by atoms with Crippen molar-refractivity contribution >= 4 is 9.90 Å². The van der Waals surface area contributed by atoms with Crippen LogP contribution in [0.4, 0.5) is 0 Å². The predicted octanol–water partition coefficient (Wildman–Crippen LogP) is -0.459. The summed E-state index contributed by atoms with van der Waals surface area (Å²) in [6.45, 7) is 0. The average molecular weight is 262 g/mol. The van der Waals surface area contributed by atoms with Gasteiger partial charge >= 0.3 is 31.0 Å². The van der Waals surface area contributed by atoms with E-state index in [1.807, 2.05) is 21.1 Å². The maximum absolute atomic E-state index is 7.54. The van der Waals surface area contributed by atoms with Crippen molar-refractivity contribution in [1.29, 1.82) is 0 Å². The van der Waals surface area contributed by atoms with Gasteiger partial charge in [-0.25, -0.2) is 0 Å². The molecule has 0 amide bonds. The Labute approximate surface area is 41.3 Å². The van der Waals surface area contributed by atoms with Crippen molar-refractivity contribution in [3.8, 4) is 0 Å². The molecule has 0 saturated heterocycles. The molecule has 1 atom stereocenters. The first-order chi connectivity index (χ1) is 1.41. The summed E-state index contributed by atoms with van der Waals surface area (Å²) in [4.78, 5) is 0.194. The van der Waals surface area contributed by atoms with E-state index in [1.54, 1.807) is 0 Å². The molecular weight excluding hydrogens is 256 g/mol. The molecule has 1 N–H and O–H groups in total. The van der Waals surface area contributed by atoms with Crippen LogP contribution >= 0.6 is 9.90 Å². The van der Waals surface area contributed by atoms with E-state index in [0.29, 0.717) is 0 Å². The van der Waals surface area contributed by atoms with Crippen LogP contribution in [0, 0.1) is 0 Å². The summed E-state index contributed by atoms with van der Waals surface area (Å²) in [6, 6.07) is 0. The van der Waals surface area contributed by atoms with Crippen LogP contribution < -0.4 is 0 Å². The molecule has 0 aromatic rings. The molecule has 0 aliphatic carbocycles. The smallest absolute Gasteiger partial charge is 0.153 e. The summed E-state index contributed by atoms with van der Waals surface area (Å²) in [7, 11) is 0. The van der Waals surface area contributed by atoms with Gasteiger partial charge in [-0.2, -0.15) is 9.90 Å². The summed E-state index contributed by atoms with van der Waals surface area (Å²) in [5, 5.41) is 7.54. The standard InChI is InChI=1S/CH3O.Au.H3P/c1-2;;/h2H,1H2;;1H3. The zero-order chi connectivity index (χ0) is 2.71. The van der Waals surface area contributed by atoms with Gasteiger partial charge < -0.3 is 0 Å². The van der Waals surface area contributed by atoms with E-state index < -0.39 is 0 Å². The van der Waals surface area contributed by atoms with Gasteiger partial charge in [0.25, 0.3) is 0 Å². The summed E-state index contributed by atoms with van der Waals surface area (Å²) in [5.74, 6) is 0.